The number of aliphatic imine (C=N–C) groups is 1. The van der Waals surface area contributed by atoms with Crippen molar-refractivity contribution in [3.63, 3.8) is 0 Å². The lowest BCUT2D eigenvalue weighted by atomic mass is 10.1. The van der Waals surface area contributed by atoms with Crippen LogP contribution in [0.25, 0.3) is 5.70 Å². The van der Waals surface area contributed by atoms with Crippen LogP contribution in [0.5, 0.6) is 0 Å². The third kappa shape index (κ3) is 4.07. The summed E-state index contributed by atoms with van der Waals surface area (Å²) in [6.07, 6.45) is 2.01. The summed E-state index contributed by atoms with van der Waals surface area (Å²) < 4.78 is 0. The summed E-state index contributed by atoms with van der Waals surface area (Å²) in [5, 5.41) is 0.828. The molecule has 3 nitrogen and oxygen atoms in total. The minimum Gasteiger partial charge on any atom is -0.280 e. The number of aryl methyl sites for hydroxylation is 1. The molecule has 0 bridgehead atoms. The summed E-state index contributed by atoms with van der Waals surface area (Å²) in [5.41, 5.74) is 4.77. The molecule has 3 aromatic rings. The number of rotatable bonds is 3. The molecular formula is C24H20N2OS. The Morgan fingerprint density at radius 2 is 1.50 bits per heavy atom. The Bertz CT molecular complexity index is 1030. The van der Waals surface area contributed by atoms with Crippen molar-refractivity contribution in [2.24, 2.45) is 4.99 Å². The van der Waals surface area contributed by atoms with Gasteiger partial charge < -0.3 is 0 Å². The maximum Gasteiger partial charge on any atom is 0.241 e. The van der Waals surface area contributed by atoms with Gasteiger partial charge in [0.1, 0.15) is 0 Å². The second kappa shape index (κ2) is 8.28. The normalized spacial score (nSPS) is 16.0. The quantitative estimate of drug-likeness (QED) is 0.568. The summed E-state index contributed by atoms with van der Waals surface area (Å²) in [6.45, 7) is 2.06. The van der Waals surface area contributed by atoms with E-state index in [0.29, 0.717) is 5.75 Å². The number of carbonyl (C=O) groups excluding carboxylic acids is 1. The first-order valence-electron chi connectivity index (χ1n) is 9.14. The van der Waals surface area contributed by atoms with E-state index in [1.54, 1.807) is 4.90 Å². The van der Waals surface area contributed by atoms with E-state index < -0.39 is 0 Å². The first-order chi connectivity index (χ1) is 13.7. The van der Waals surface area contributed by atoms with Crippen LogP contribution in [0, 0.1) is 6.92 Å². The van der Waals surface area contributed by atoms with Gasteiger partial charge >= 0.3 is 0 Å². The molecule has 0 aliphatic carbocycles. The van der Waals surface area contributed by atoms with Gasteiger partial charge in [-0.1, -0.05) is 78.0 Å². The predicted molar refractivity (Wildman–Crippen MR) is 119 cm³/mol. The van der Waals surface area contributed by atoms with E-state index >= 15 is 0 Å². The lowest BCUT2D eigenvalue weighted by molar-refractivity contribution is -0.115. The minimum absolute atomic E-state index is 0.0420. The SMILES string of the molecule is Cc1ccc(N=C2C=C(c3ccccc3)N(c3ccccc3)C(=O)CS2)cc1. The van der Waals surface area contributed by atoms with Crippen molar-refractivity contribution in [1.29, 1.82) is 0 Å². The van der Waals surface area contributed by atoms with Crippen LogP contribution in [0.15, 0.2) is 96.0 Å². The Balaban J connectivity index is 1.83. The molecule has 0 unspecified atom stereocenters. The van der Waals surface area contributed by atoms with E-state index in [2.05, 4.69) is 6.92 Å². The van der Waals surface area contributed by atoms with Gasteiger partial charge in [-0.3, -0.25) is 9.69 Å². The van der Waals surface area contributed by atoms with Crippen LogP contribution >= 0.6 is 11.8 Å². The molecule has 4 heteroatoms. The maximum absolute atomic E-state index is 13.1. The van der Waals surface area contributed by atoms with Crippen molar-refractivity contribution in [2.45, 2.75) is 6.92 Å². The minimum atomic E-state index is 0.0420. The summed E-state index contributed by atoms with van der Waals surface area (Å²) in [5.74, 6) is 0.382. The fraction of sp³-hybridized carbons (Fsp3) is 0.0833. The highest BCUT2D eigenvalue weighted by atomic mass is 32.2. The number of nitrogens with zero attached hydrogens (tertiary/aromatic N) is 2. The topological polar surface area (TPSA) is 32.7 Å². The number of hydrogen-bond acceptors (Lipinski definition) is 3. The Morgan fingerprint density at radius 1 is 0.857 bits per heavy atom. The van der Waals surface area contributed by atoms with Crippen molar-refractivity contribution in [3.05, 3.63) is 102 Å². The summed E-state index contributed by atoms with van der Waals surface area (Å²) in [6, 6.07) is 27.9. The molecule has 0 fully saturated rings. The average molecular weight is 385 g/mol. The van der Waals surface area contributed by atoms with E-state index in [4.69, 9.17) is 4.99 Å². The van der Waals surface area contributed by atoms with Crippen LogP contribution < -0.4 is 4.90 Å². The third-order valence-corrected chi connectivity index (χ3v) is 5.35. The van der Waals surface area contributed by atoms with Gasteiger partial charge in [0.2, 0.25) is 5.91 Å². The molecule has 0 N–H and O–H groups in total. The molecule has 1 heterocycles. The summed E-state index contributed by atoms with van der Waals surface area (Å²) in [4.78, 5) is 19.6. The highest BCUT2D eigenvalue weighted by Crippen LogP contribution is 2.31. The smallest absolute Gasteiger partial charge is 0.241 e. The number of amides is 1. The zero-order chi connectivity index (χ0) is 19.3. The number of benzene rings is 3. The first-order valence-corrected chi connectivity index (χ1v) is 10.1. The Labute approximate surface area is 169 Å². The van der Waals surface area contributed by atoms with E-state index in [-0.39, 0.29) is 5.91 Å². The van der Waals surface area contributed by atoms with Crippen LogP contribution in [-0.4, -0.2) is 16.7 Å². The van der Waals surface area contributed by atoms with Gasteiger partial charge in [-0.15, -0.1) is 0 Å². The number of para-hydroxylation sites is 1. The van der Waals surface area contributed by atoms with Crippen LogP contribution in [0.1, 0.15) is 11.1 Å². The predicted octanol–water partition coefficient (Wildman–Crippen LogP) is 5.85. The fourth-order valence-electron chi connectivity index (χ4n) is 3.05. The molecule has 1 aliphatic heterocycles. The van der Waals surface area contributed by atoms with Gasteiger partial charge in [-0.2, -0.15) is 0 Å². The van der Waals surface area contributed by atoms with Crippen LogP contribution in [0.3, 0.4) is 0 Å². The second-order valence-corrected chi connectivity index (χ2v) is 7.53. The Morgan fingerprint density at radius 3 is 2.18 bits per heavy atom. The molecule has 4 rings (SSSR count). The van der Waals surface area contributed by atoms with Crippen molar-refractivity contribution < 1.29 is 4.79 Å². The van der Waals surface area contributed by atoms with Gasteiger partial charge in [-0.25, -0.2) is 4.99 Å². The van der Waals surface area contributed by atoms with Gasteiger partial charge in [0.05, 0.1) is 22.2 Å². The number of carbonyl (C=O) groups is 1. The molecule has 0 spiro atoms. The van der Waals surface area contributed by atoms with E-state index in [1.807, 2.05) is 91.0 Å². The highest BCUT2D eigenvalue weighted by Gasteiger charge is 2.25. The molecule has 0 saturated carbocycles. The molecule has 0 aromatic heterocycles. The van der Waals surface area contributed by atoms with E-state index in [0.717, 1.165) is 27.7 Å². The molecule has 138 valence electrons. The molecule has 3 aromatic carbocycles. The Kier molecular flexibility index (Phi) is 5.40. The van der Waals surface area contributed by atoms with Gasteiger partial charge in [0.15, 0.2) is 0 Å². The number of anilines is 1. The average Bonchev–Trinajstić information content (AvgIpc) is 2.90. The number of hydrogen-bond donors (Lipinski definition) is 0. The zero-order valence-corrected chi connectivity index (χ0v) is 16.4. The molecule has 0 saturated heterocycles. The van der Waals surface area contributed by atoms with Gasteiger partial charge in [0.25, 0.3) is 0 Å². The number of thioether (sulfide) groups is 1. The molecule has 0 atom stereocenters. The van der Waals surface area contributed by atoms with Crippen molar-refractivity contribution >= 4 is 39.8 Å². The first kappa shape index (κ1) is 18.3. The summed E-state index contributed by atoms with van der Waals surface area (Å²) in [7, 11) is 0. The molecule has 0 radical (unpaired) electrons. The van der Waals surface area contributed by atoms with Crippen LogP contribution in [0.4, 0.5) is 11.4 Å². The Hall–Kier alpha value is -3.11. The standard InChI is InChI=1S/C24H20N2OS/c1-18-12-14-20(15-13-18)25-23-16-22(19-8-4-2-5-9-19)26(24(27)17-28-23)21-10-6-3-7-11-21/h2-16H,17H2,1H3. The van der Waals surface area contributed by atoms with E-state index in [9.17, 15) is 4.79 Å². The van der Waals surface area contributed by atoms with Crippen molar-refractivity contribution in [2.75, 3.05) is 10.7 Å². The monoisotopic (exact) mass is 384 g/mol. The van der Waals surface area contributed by atoms with E-state index in [1.165, 1.54) is 17.3 Å². The van der Waals surface area contributed by atoms with Crippen LogP contribution in [-0.2, 0) is 4.79 Å². The second-order valence-electron chi connectivity index (χ2n) is 6.53. The van der Waals surface area contributed by atoms with Crippen molar-refractivity contribution in [3.8, 4) is 0 Å². The van der Waals surface area contributed by atoms with Crippen LogP contribution in [0.2, 0.25) is 0 Å². The molecule has 1 amide bonds. The molecule has 28 heavy (non-hydrogen) atoms. The molecular weight excluding hydrogens is 364 g/mol. The largest absolute Gasteiger partial charge is 0.280 e. The third-order valence-electron chi connectivity index (χ3n) is 4.45. The van der Waals surface area contributed by atoms with Crippen molar-refractivity contribution in [1.82, 2.24) is 0 Å². The maximum atomic E-state index is 13.1. The van der Waals surface area contributed by atoms with Gasteiger partial charge in [-0.05, 0) is 42.8 Å². The summed E-state index contributed by atoms with van der Waals surface area (Å²) >= 11 is 1.47. The molecule has 1 aliphatic rings. The zero-order valence-electron chi connectivity index (χ0n) is 15.6. The lowest BCUT2D eigenvalue weighted by Gasteiger charge is -2.24. The van der Waals surface area contributed by atoms with Gasteiger partial charge in [0, 0.05) is 5.69 Å². The fourth-order valence-corrected chi connectivity index (χ4v) is 3.82. The lowest BCUT2D eigenvalue weighted by Crippen LogP contribution is -2.29. The highest BCUT2D eigenvalue weighted by molar-refractivity contribution is 8.14.